The minimum absolute atomic E-state index is 0.115. The zero-order chi connectivity index (χ0) is 18.6. The van der Waals surface area contributed by atoms with Crippen LogP contribution in [-0.4, -0.2) is 24.0 Å². The highest BCUT2D eigenvalue weighted by atomic mass is 16.5. The average Bonchev–Trinajstić information content (AvgIpc) is 3.14. The summed E-state index contributed by atoms with van der Waals surface area (Å²) in [6.07, 6.45) is 4.34. The quantitative estimate of drug-likeness (QED) is 0.761. The maximum Gasteiger partial charge on any atom is 0.306 e. The van der Waals surface area contributed by atoms with E-state index in [1.54, 1.807) is 0 Å². The van der Waals surface area contributed by atoms with Crippen molar-refractivity contribution < 1.29 is 19.1 Å². The van der Waals surface area contributed by atoms with Gasteiger partial charge in [-0.15, -0.1) is 0 Å². The second-order valence-electron chi connectivity index (χ2n) is 8.10. The molecule has 4 heteroatoms. The van der Waals surface area contributed by atoms with E-state index in [4.69, 9.17) is 9.47 Å². The summed E-state index contributed by atoms with van der Waals surface area (Å²) < 4.78 is 11.8. The first-order chi connectivity index (χ1) is 13.1. The van der Waals surface area contributed by atoms with Crippen molar-refractivity contribution in [1.29, 1.82) is 0 Å². The maximum atomic E-state index is 13.4. The van der Waals surface area contributed by atoms with Gasteiger partial charge >= 0.3 is 5.97 Å². The normalized spacial score (nSPS) is 31.1. The highest BCUT2D eigenvalue weighted by molar-refractivity contribution is 5.98. The van der Waals surface area contributed by atoms with E-state index >= 15 is 0 Å². The van der Waals surface area contributed by atoms with E-state index in [9.17, 15) is 9.59 Å². The summed E-state index contributed by atoms with van der Waals surface area (Å²) in [5, 5.41) is 2.36. The van der Waals surface area contributed by atoms with Gasteiger partial charge in [0.15, 0.2) is 11.4 Å². The maximum absolute atomic E-state index is 13.4. The summed E-state index contributed by atoms with van der Waals surface area (Å²) in [5.41, 5.74) is -0.0137. The first-order valence-corrected chi connectivity index (χ1v) is 10.0. The monoisotopic (exact) mass is 364 g/mol. The number of ether oxygens (including phenoxy) is 2. The van der Waals surface area contributed by atoms with Gasteiger partial charge in [-0.25, -0.2) is 0 Å². The molecule has 0 aromatic heterocycles. The number of rotatable bonds is 3. The molecular formula is C23H24O4. The number of fused-ring (bicyclic) bond motifs is 3. The van der Waals surface area contributed by atoms with Crippen LogP contribution in [-0.2, 0) is 19.7 Å². The van der Waals surface area contributed by atoms with Gasteiger partial charge in [-0.05, 0) is 49.4 Å². The zero-order valence-electron chi connectivity index (χ0n) is 15.6. The van der Waals surface area contributed by atoms with Crippen molar-refractivity contribution in [2.45, 2.75) is 56.5 Å². The van der Waals surface area contributed by atoms with Gasteiger partial charge in [0.05, 0.1) is 13.0 Å². The van der Waals surface area contributed by atoms with E-state index < -0.39 is 5.60 Å². The number of esters is 1. The van der Waals surface area contributed by atoms with Crippen molar-refractivity contribution in [3.8, 4) is 5.75 Å². The van der Waals surface area contributed by atoms with E-state index in [1.807, 2.05) is 19.1 Å². The van der Waals surface area contributed by atoms with Crippen molar-refractivity contribution >= 4 is 22.5 Å². The molecule has 0 amide bonds. The summed E-state index contributed by atoms with van der Waals surface area (Å²) in [6, 6.07) is 12.4. The molecule has 140 valence electrons. The number of Topliss-reactive ketones (excluding diaryl/α,β-unsaturated/α-hetero) is 1. The van der Waals surface area contributed by atoms with E-state index in [2.05, 4.69) is 24.3 Å². The Morgan fingerprint density at radius 1 is 1.22 bits per heavy atom. The van der Waals surface area contributed by atoms with E-state index in [0.717, 1.165) is 31.4 Å². The molecule has 0 radical (unpaired) electrons. The Hall–Kier alpha value is -2.36. The largest absolute Gasteiger partial charge is 0.478 e. The number of hydrogen-bond acceptors (Lipinski definition) is 4. The van der Waals surface area contributed by atoms with Crippen LogP contribution >= 0.6 is 0 Å². The van der Waals surface area contributed by atoms with Crippen molar-refractivity contribution in [2.75, 3.05) is 6.61 Å². The van der Waals surface area contributed by atoms with Gasteiger partial charge in [0.25, 0.3) is 0 Å². The Labute approximate surface area is 158 Å². The molecule has 0 spiro atoms. The topological polar surface area (TPSA) is 52.6 Å². The summed E-state index contributed by atoms with van der Waals surface area (Å²) in [5.74, 6) is 0.657. The number of hydrogen-bond donors (Lipinski definition) is 0. The fraction of sp³-hybridized carbons (Fsp3) is 0.478. The van der Waals surface area contributed by atoms with Crippen LogP contribution < -0.4 is 4.74 Å². The molecule has 2 fully saturated rings. The fourth-order valence-electron chi connectivity index (χ4n) is 6.09. The van der Waals surface area contributed by atoms with Crippen LogP contribution in [0.15, 0.2) is 36.4 Å². The Morgan fingerprint density at radius 3 is 2.93 bits per heavy atom. The van der Waals surface area contributed by atoms with Crippen molar-refractivity contribution in [2.24, 2.45) is 5.92 Å². The third-order valence-corrected chi connectivity index (χ3v) is 6.99. The summed E-state index contributed by atoms with van der Waals surface area (Å²) in [7, 11) is 0. The summed E-state index contributed by atoms with van der Waals surface area (Å²) >= 11 is 0. The SMILES string of the molecule is CCOC(=O)CC1CCC23CCCC(=O)C12Oc1ccc2ccccc2c13. The second kappa shape index (κ2) is 5.82. The third kappa shape index (κ3) is 2.04. The first kappa shape index (κ1) is 16.8. The highest BCUT2D eigenvalue weighted by Gasteiger charge is 2.72. The lowest BCUT2D eigenvalue weighted by atomic mass is 9.59. The molecule has 1 heterocycles. The molecule has 2 saturated carbocycles. The molecule has 0 N–H and O–H groups in total. The van der Waals surface area contributed by atoms with Gasteiger partial charge in [-0.1, -0.05) is 30.3 Å². The van der Waals surface area contributed by atoms with Crippen molar-refractivity contribution in [3.05, 3.63) is 42.0 Å². The molecule has 2 aromatic carbocycles. The lowest BCUT2D eigenvalue weighted by molar-refractivity contribution is -0.152. The minimum atomic E-state index is -0.898. The van der Waals surface area contributed by atoms with Crippen LogP contribution in [0.25, 0.3) is 10.8 Å². The van der Waals surface area contributed by atoms with Crippen LogP contribution in [0.4, 0.5) is 0 Å². The number of benzene rings is 2. The van der Waals surface area contributed by atoms with E-state index in [-0.39, 0.29) is 29.5 Å². The molecule has 2 aliphatic carbocycles. The summed E-state index contributed by atoms with van der Waals surface area (Å²) in [6.45, 7) is 2.18. The van der Waals surface area contributed by atoms with Gasteiger partial charge in [0.1, 0.15) is 5.75 Å². The van der Waals surface area contributed by atoms with Gasteiger partial charge in [0, 0.05) is 23.3 Å². The van der Waals surface area contributed by atoms with E-state index in [0.29, 0.717) is 13.0 Å². The number of carbonyl (C=O) groups excluding carboxylic acids is 2. The smallest absolute Gasteiger partial charge is 0.306 e. The molecule has 1 aliphatic heterocycles. The molecule has 0 saturated heterocycles. The summed E-state index contributed by atoms with van der Waals surface area (Å²) in [4.78, 5) is 25.6. The Morgan fingerprint density at radius 2 is 2.07 bits per heavy atom. The lowest BCUT2D eigenvalue weighted by Gasteiger charge is -2.44. The molecule has 0 bridgehead atoms. The van der Waals surface area contributed by atoms with Gasteiger partial charge < -0.3 is 9.47 Å². The van der Waals surface area contributed by atoms with Crippen LogP contribution in [0.2, 0.25) is 0 Å². The van der Waals surface area contributed by atoms with Gasteiger partial charge in [-0.2, -0.15) is 0 Å². The van der Waals surface area contributed by atoms with Crippen molar-refractivity contribution in [1.82, 2.24) is 0 Å². The second-order valence-corrected chi connectivity index (χ2v) is 8.10. The predicted octanol–water partition coefficient (Wildman–Crippen LogP) is 4.33. The van der Waals surface area contributed by atoms with Crippen molar-refractivity contribution in [3.63, 3.8) is 0 Å². The lowest BCUT2D eigenvalue weighted by Crippen LogP contribution is -2.60. The number of ketones is 1. The average molecular weight is 364 g/mol. The fourth-order valence-corrected chi connectivity index (χ4v) is 6.09. The Bertz CT molecular complexity index is 949. The molecule has 5 rings (SSSR count). The van der Waals surface area contributed by atoms with Crippen LogP contribution in [0.5, 0.6) is 5.75 Å². The minimum Gasteiger partial charge on any atom is -0.478 e. The molecular weight excluding hydrogens is 340 g/mol. The molecule has 3 atom stereocenters. The molecule has 2 aromatic rings. The standard InChI is InChI=1S/C23H24O4/c1-2-26-20(25)14-16-11-13-22-12-5-8-19(24)23(16,22)27-18-10-9-15-6-3-4-7-17(15)21(18)22/h3-4,6-7,9-10,16H,2,5,8,11-14H2,1H3. The molecule has 27 heavy (non-hydrogen) atoms. The van der Waals surface area contributed by atoms with Gasteiger partial charge in [-0.3, -0.25) is 9.59 Å². The number of carbonyl (C=O) groups is 2. The first-order valence-electron chi connectivity index (χ1n) is 10.0. The molecule has 3 unspecified atom stereocenters. The van der Waals surface area contributed by atoms with Gasteiger partial charge in [0.2, 0.25) is 0 Å². The zero-order valence-corrected chi connectivity index (χ0v) is 15.6. The van der Waals surface area contributed by atoms with E-state index in [1.165, 1.54) is 16.3 Å². The Balaban J connectivity index is 1.69. The van der Waals surface area contributed by atoms with Crippen LogP contribution in [0.1, 0.15) is 51.0 Å². The van der Waals surface area contributed by atoms with Crippen LogP contribution in [0.3, 0.4) is 0 Å². The molecule has 3 aliphatic rings. The van der Waals surface area contributed by atoms with Crippen LogP contribution in [0, 0.1) is 5.92 Å². The molecule has 4 nitrogen and oxygen atoms in total. The Kier molecular flexibility index (Phi) is 3.62. The predicted molar refractivity (Wildman–Crippen MR) is 102 cm³/mol. The third-order valence-electron chi connectivity index (χ3n) is 6.99. The highest BCUT2D eigenvalue weighted by Crippen LogP contribution is 2.66.